The van der Waals surface area contributed by atoms with Crippen LogP contribution in [0.3, 0.4) is 0 Å². The van der Waals surface area contributed by atoms with E-state index in [0.717, 1.165) is 11.3 Å². The molecule has 154 valence electrons. The quantitative estimate of drug-likeness (QED) is 0.560. The first kappa shape index (κ1) is 21.2. The number of nitrogens with one attached hydrogen (secondary N) is 1. The van der Waals surface area contributed by atoms with Gasteiger partial charge in [0.2, 0.25) is 10.0 Å². The van der Waals surface area contributed by atoms with Crippen LogP contribution in [0, 0.1) is 11.3 Å². The number of sulfonamides is 1. The van der Waals surface area contributed by atoms with E-state index in [1.54, 1.807) is 24.0 Å². The van der Waals surface area contributed by atoms with Crippen LogP contribution in [0.15, 0.2) is 71.9 Å². The fourth-order valence-corrected chi connectivity index (χ4v) is 3.93. The lowest BCUT2D eigenvalue weighted by Gasteiger charge is -2.17. The van der Waals surface area contributed by atoms with Crippen LogP contribution in [0.5, 0.6) is 0 Å². The van der Waals surface area contributed by atoms with E-state index in [9.17, 15) is 13.2 Å². The second-order valence-electron chi connectivity index (χ2n) is 6.62. The second kappa shape index (κ2) is 9.35. The molecule has 0 saturated heterocycles. The van der Waals surface area contributed by atoms with Gasteiger partial charge in [0, 0.05) is 43.9 Å². The van der Waals surface area contributed by atoms with Gasteiger partial charge in [-0.1, -0.05) is 24.3 Å². The number of nitriles is 1. The predicted octanol–water partition coefficient (Wildman–Crippen LogP) is 2.34. The van der Waals surface area contributed by atoms with Gasteiger partial charge in [-0.25, -0.2) is 17.8 Å². The Morgan fingerprint density at radius 2 is 1.97 bits per heavy atom. The van der Waals surface area contributed by atoms with Crippen molar-refractivity contribution < 1.29 is 13.2 Å². The minimum Gasteiger partial charge on any atom is -0.337 e. The van der Waals surface area contributed by atoms with E-state index in [-0.39, 0.29) is 29.3 Å². The Hall–Kier alpha value is -3.48. The Morgan fingerprint density at radius 1 is 1.20 bits per heavy atom. The highest BCUT2D eigenvalue weighted by molar-refractivity contribution is 7.89. The van der Waals surface area contributed by atoms with Gasteiger partial charge in [-0.15, -0.1) is 0 Å². The van der Waals surface area contributed by atoms with Gasteiger partial charge >= 0.3 is 0 Å². The number of amides is 1. The molecule has 0 unspecified atom stereocenters. The topological polar surface area (TPSA) is 108 Å². The first-order valence-electron chi connectivity index (χ1n) is 9.22. The van der Waals surface area contributed by atoms with Crippen molar-refractivity contribution in [1.82, 2.24) is 19.4 Å². The number of nitrogens with zero attached hydrogens (tertiary/aromatic N) is 4. The van der Waals surface area contributed by atoms with E-state index in [1.807, 2.05) is 42.6 Å². The average molecular weight is 423 g/mol. The number of carbonyl (C=O) groups excluding carboxylic acids is 1. The molecule has 0 aliphatic heterocycles. The van der Waals surface area contributed by atoms with E-state index in [4.69, 9.17) is 5.26 Å². The summed E-state index contributed by atoms with van der Waals surface area (Å²) in [6.07, 6.45) is 3.60. The summed E-state index contributed by atoms with van der Waals surface area (Å²) in [5.74, 6) is -0.309. The summed E-state index contributed by atoms with van der Waals surface area (Å²) in [7, 11) is -2.14. The molecule has 9 heteroatoms. The Kier molecular flexibility index (Phi) is 6.61. The first-order chi connectivity index (χ1) is 14.4. The van der Waals surface area contributed by atoms with Crippen LogP contribution in [-0.4, -0.2) is 42.6 Å². The zero-order valence-corrected chi connectivity index (χ0v) is 17.2. The molecule has 0 aliphatic rings. The standard InChI is InChI=1S/C21H21N5O3S/c1-25(15-17-14-23-26(16-17)19-8-3-2-4-9-19)21(27)18-7-5-10-20(13-18)30(28,29)24-12-6-11-22/h2-5,7-10,13-14,16,24H,6,12,15H2,1H3. The smallest absolute Gasteiger partial charge is 0.253 e. The van der Waals surface area contributed by atoms with Crippen LogP contribution in [0.1, 0.15) is 22.3 Å². The maximum absolute atomic E-state index is 12.8. The second-order valence-corrected chi connectivity index (χ2v) is 8.39. The molecule has 1 amide bonds. The van der Waals surface area contributed by atoms with E-state index in [1.165, 1.54) is 23.1 Å². The van der Waals surface area contributed by atoms with Crippen LogP contribution in [0.25, 0.3) is 5.69 Å². The third kappa shape index (κ3) is 5.11. The third-order valence-electron chi connectivity index (χ3n) is 4.34. The molecule has 2 aromatic carbocycles. The summed E-state index contributed by atoms with van der Waals surface area (Å²) in [6.45, 7) is 0.339. The number of hydrogen-bond donors (Lipinski definition) is 1. The van der Waals surface area contributed by atoms with E-state index in [2.05, 4.69) is 9.82 Å². The summed E-state index contributed by atoms with van der Waals surface area (Å²) in [6, 6.07) is 17.3. The van der Waals surface area contributed by atoms with Crippen LogP contribution >= 0.6 is 0 Å². The molecule has 0 aliphatic carbocycles. The van der Waals surface area contributed by atoms with Crippen molar-refractivity contribution in [3.05, 3.63) is 78.1 Å². The summed E-state index contributed by atoms with van der Waals surface area (Å²) < 4.78 is 28.7. The van der Waals surface area contributed by atoms with Gasteiger partial charge in [-0.3, -0.25) is 4.79 Å². The molecule has 0 spiro atoms. The molecule has 3 rings (SSSR count). The van der Waals surface area contributed by atoms with Crippen molar-refractivity contribution in [2.24, 2.45) is 0 Å². The number of carbonyl (C=O) groups is 1. The zero-order chi connectivity index (χ0) is 21.6. The molecule has 1 aromatic heterocycles. The van der Waals surface area contributed by atoms with Gasteiger partial charge in [0.1, 0.15) is 0 Å². The number of benzene rings is 2. The average Bonchev–Trinajstić information content (AvgIpc) is 3.22. The summed E-state index contributed by atoms with van der Waals surface area (Å²) in [5, 5.41) is 12.9. The van der Waals surface area contributed by atoms with Crippen LogP contribution in [0.4, 0.5) is 0 Å². The van der Waals surface area contributed by atoms with Crippen LogP contribution in [0.2, 0.25) is 0 Å². The highest BCUT2D eigenvalue weighted by Gasteiger charge is 2.18. The van der Waals surface area contributed by atoms with Crippen LogP contribution in [-0.2, 0) is 16.6 Å². The third-order valence-corrected chi connectivity index (χ3v) is 5.80. The molecule has 1 heterocycles. The SMILES string of the molecule is CN(Cc1cnn(-c2ccccc2)c1)C(=O)c1cccc(S(=O)(=O)NCCC#N)c1. The number of hydrogen-bond acceptors (Lipinski definition) is 5. The minimum absolute atomic E-state index is 0.0162. The molecule has 0 saturated carbocycles. The first-order valence-corrected chi connectivity index (χ1v) is 10.7. The predicted molar refractivity (Wildman–Crippen MR) is 111 cm³/mol. The van der Waals surface area contributed by atoms with Gasteiger partial charge in [-0.05, 0) is 30.3 Å². The fraction of sp³-hybridized carbons (Fsp3) is 0.190. The van der Waals surface area contributed by atoms with Crippen molar-refractivity contribution in [2.45, 2.75) is 17.9 Å². The molecule has 0 bridgehead atoms. The molecule has 3 aromatic rings. The maximum atomic E-state index is 12.8. The molecule has 8 nitrogen and oxygen atoms in total. The lowest BCUT2D eigenvalue weighted by molar-refractivity contribution is 0.0785. The van der Waals surface area contributed by atoms with Crippen LogP contribution < -0.4 is 4.72 Å². The largest absolute Gasteiger partial charge is 0.337 e. The fourth-order valence-electron chi connectivity index (χ4n) is 2.85. The van der Waals surface area contributed by atoms with E-state index >= 15 is 0 Å². The Morgan fingerprint density at radius 3 is 2.70 bits per heavy atom. The Labute approximate surface area is 175 Å². The molecule has 0 fully saturated rings. The van der Waals surface area contributed by atoms with Gasteiger partial charge in [0.05, 0.1) is 22.8 Å². The lowest BCUT2D eigenvalue weighted by Crippen LogP contribution is -2.27. The van der Waals surface area contributed by atoms with Gasteiger partial charge in [0.25, 0.3) is 5.91 Å². The Bertz CT molecular complexity index is 1170. The molecule has 0 atom stereocenters. The van der Waals surface area contributed by atoms with Crippen molar-refractivity contribution >= 4 is 15.9 Å². The summed E-state index contributed by atoms with van der Waals surface area (Å²) >= 11 is 0. The molecule has 1 N–H and O–H groups in total. The molecular formula is C21H21N5O3S. The normalized spacial score (nSPS) is 11.1. The minimum atomic E-state index is -3.79. The highest BCUT2D eigenvalue weighted by atomic mass is 32.2. The lowest BCUT2D eigenvalue weighted by atomic mass is 10.2. The zero-order valence-electron chi connectivity index (χ0n) is 16.4. The molecular weight excluding hydrogens is 402 g/mol. The number of para-hydroxylation sites is 1. The summed E-state index contributed by atoms with van der Waals surface area (Å²) in [4.78, 5) is 14.3. The number of rotatable bonds is 8. The van der Waals surface area contributed by atoms with Gasteiger partial charge in [-0.2, -0.15) is 10.4 Å². The van der Waals surface area contributed by atoms with Gasteiger partial charge in [0.15, 0.2) is 0 Å². The van der Waals surface area contributed by atoms with Gasteiger partial charge < -0.3 is 4.90 Å². The van der Waals surface area contributed by atoms with E-state index < -0.39 is 10.0 Å². The Balaban J connectivity index is 1.71. The van der Waals surface area contributed by atoms with E-state index in [0.29, 0.717) is 6.54 Å². The van der Waals surface area contributed by atoms with Crippen molar-refractivity contribution in [3.63, 3.8) is 0 Å². The van der Waals surface area contributed by atoms with Crippen molar-refractivity contribution in [1.29, 1.82) is 5.26 Å². The van der Waals surface area contributed by atoms with Crippen molar-refractivity contribution in [2.75, 3.05) is 13.6 Å². The monoisotopic (exact) mass is 423 g/mol. The summed E-state index contributed by atoms with van der Waals surface area (Å²) in [5.41, 5.74) is 2.02. The molecule has 30 heavy (non-hydrogen) atoms. The number of aromatic nitrogens is 2. The van der Waals surface area contributed by atoms with Crippen molar-refractivity contribution in [3.8, 4) is 11.8 Å². The molecule has 0 radical (unpaired) electrons. The maximum Gasteiger partial charge on any atom is 0.253 e. The highest BCUT2D eigenvalue weighted by Crippen LogP contribution is 2.15.